The van der Waals surface area contributed by atoms with Crippen LogP contribution in [-0.4, -0.2) is 43.6 Å². The van der Waals surface area contributed by atoms with E-state index in [2.05, 4.69) is 46.1 Å². The molecule has 0 aromatic carbocycles. The summed E-state index contributed by atoms with van der Waals surface area (Å²) in [6.45, 7) is 9.40. The number of aromatic nitrogens is 6. The Balaban J connectivity index is 1.85. The van der Waals surface area contributed by atoms with Crippen LogP contribution in [0.3, 0.4) is 0 Å². The predicted octanol–water partition coefficient (Wildman–Crippen LogP) is 3.52. The van der Waals surface area contributed by atoms with Crippen LogP contribution in [0.2, 0.25) is 0 Å². The zero-order valence-electron chi connectivity index (χ0n) is 16.2. The molecule has 8 nitrogen and oxygen atoms in total. The van der Waals surface area contributed by atoms with Gasteiger partial charge in [0.05, 0.1) is 18.4 Å². The third-order valence-electron chi connectivity index (χ3n) is 3.92. The van der Waals surface area contributed by atoms with Crippen molar-refractivity contribution in [3.05, 3.63) is 36.2 Å². The molecule has 144 valence electrons. The Morgan fingerprint density at radius 1 is 1.22 bits per heavy atom. The van der Waals surface area contributed by atoms with Crippen molar-refractivity contribution in [1.82, 2.24) is 29.9 Å². The van der Waals surface area contributed by atoms with E-state index in [1.807, 2.05) is 23.6 Å². The highest BCUT2D eigenvalue weighted by atomic mass is 32.2. The summed E-state index contributed by atoms with van der Waals surface area (Å²) in [5.41, 5.74) is 0.806. The highest BCUT2D eigenvalue weighted by molar-refractivity contribution is 7.99. The molecule has 0 radical (unpaired) electrons. The van der Waals surface area contributed by atoms with Crippen molar-refractivity contribution in [1.29, 1.82) is 0 Å². The minimum Gasteiger partial charge on any atom is -0.383 e. The van der Waals surface area contributed by atoms with Crippen LogP contribution in [0.15, 0.2) is 34.2 Å². The maximum Gasteiger partial charge on any atom is 0.239 e. The Hall–Kier alpha value is -2.26. The van der Waals surface area contributed by atoms with Gasteiger partial charge in [-0.2, -0.15) is 4.98 Å². The van der Waals surface area contributed by atoms with Crippen LogP contribution < -0.4 is 0 Å². The third kappa shape index (κ3) is 4.54. The SMILES string of the molecule is COCCn1c(SC(C)c2nc(C(C)(C)C)no2)nnc1-c1ccncc1. The summed E-state index contributed by atoms with van der Waals surface area (Å²) in [5.74, 6) is 2.06. The number of hydrogen-bond donors (Lipinski definition) is 0. The smallest absolute Gasteiger partial charge is 0.239 e. The highest BCUT2D eigenvalue weighted by Gasteiger charge is 2.25. The van der Waals surface area contributed by atoms with E-state index in [9.17, 15) is 0 Å². The number of hydrogen-bond acceptors (Lipinski definition) is 8. The molecule has 1 atom stereocenters. The van der Waals surface area contributed by atoms with Crippen molar-refractivity contribution < 1.29 is 9.26 Å². The molecule has 1 unspecified atom stereocenters. The second-order valence-corrected chi connectivity index (χ2v) is 8.46. The van der Waals surface area contributed by atoms with Gasteiger partial charge in [0.1, 0.15) is 0 Å². The van der Waals surface area contributed by atoms with Crippen molar-refractivity contribution in [2.75, 3.05) is 13.7 Å². The first kappa shape index (κ1) is 19.5. The van der Waals surface area contributed by atoms with Crippen LogP contribution in [0.4, 0.5) is 0 Å². The van der Waals surface area contributed by atoms with E-state index in [0.717, 1.165) is 16.5 Å². The van der Waals surface area contributed by atoms with Gasteiger partial charge < -0.3 is 9.26 Å². The summed E-state index contributed by atoms with van der Waals surface area (Å²) >= 11 is 1.54. The normalized spacial score (nSPS) is 13.1. The Morgan fingerprint density at radius 2 is 1.96 bits per heavy atom. The lowest BCUT2D eigenvalue weighted by molar-refractivity contribution is 0.185. The second kappa shape index (κ2) is 8.18. The standard InChI is InChI=1S/C18H24N6O2S/c1-12(15-20-16(23-26-15)18(2,3)4)27-17-22-21-14(24(17)10-11-25-5)13-6-8-19-9-7-13/h6-9,12H,10-11H2,1-5H3. The van der Waals surface area contributed by atoms with Crippen LogP contribution in [-0.2, 0) is 16.7 Å². The van der Waals surface area contributed by atoms with Gasteiger partial charge >= 0.3 is 0 Å². The van der Waals surface area contributed by atoms with Gasteiger partial charge in [0.15, 0.2) is 16.8 Å². The van der Waals surface area contributed by atoms with E-state index in [-0.39, 0.29) is 10.7 Å². The Morgan fingerprint density at radius 3 is 2.59 bits per heavy atom. The molecular formula is C18H24N6O2S. The van der Waals surface area contributed by atoms with Crippen LogP contribution >= 0.6 is 11.8 Å². The minimum absolute atomic E-state index is 0.0515. The molecule has 0 aliphatic carbocycles. The van der Waals surface area contributed by atoms with Gasteiger partial charge in [-0.1, -0.05) is 37.7 Å². The van der Waals surface area contributed by atoms with E-state index in [4.69, 9.17) is 9.26 Å². The quantitative estimate of drug-likeness (QED) is 0.568. The van der Waals surface area contributed by atoms with Crippen molar-refractivity contribution in [2.24, 2.45) is 0 Å². The van der Waals surface area contributed by atoms with Gasteiger partial charge in [-0.25, -0.2) is 0 Å². The van der Waals surface area contributed by atoms with Crippen LogP contribution in [0.1, 0.15) is 44.7 Å². The van der Waals surface area contributed by atoms with Gasteiger partial charge in [-0.3, -0.25) is 9.55 Å². The van der Waals surface area contributed by atoms with E-state index >= 15 is 0 Å². The number of pyridine rings is 1. The first-order chi connectivity index (χ1) is 12.9. The zero-order valence-corrected chi connectivity index (χ0v) is 17.0. The zero-order chi connectivity index (χ0) is 19.4. The molecule has 3 aromatic rings. The topological polar surface area (TPSA) is 91.8 Å². The van der Waals surface area contributed by atoms with Gasteiger partial charge in [-0.15, -0.1) is 10.2 Å². The number of thioether (sulfide) groups is 1. The van der Waals surface area contributed by atoms with Crippen LogP contribution in [0.25, 0.3) is 11.4 Å². The molecule has 0 amide bonds. The Kier molecular flexibility index (Phi) is 5.91. The fourth-order valence-corrected chi connectivity index (χ4v) is 3.29. The summed E-state index contributed by atoms with van der Waals surface area (Å²) in [7, 11) is 1.68. The fraction of sp³-hybridized carbons (Fsp3) is 0.500. The van der Waals surface area contributed by atoms with Gasteiger partial charge in [0.25, 0.3) is 0 Å². The number of methoxy groups -OCH3 is 1. The molecule has 3 heterocycles. The molecule has 0 bridgehead atoms. The lowest BCUT2D eigenvalue weighted by Crippen LogP contribution is -2.13. The highest BCUT2D eigenvalue weighted by Crippen LogP contribution is 2.35. The van der Waals surface area contributed by atoms with Gasteiger partial charge in [0, 0.05) is 30.5 Å². The first-order valence-electron chi connectivity index (χ1n) is 8.73. The molecule has 9 heteroatoms. The molecule has 0 fully saturated rings. The Bertz CT molecular complexity index is 872. The van der Waals surface area contributed by atoms with Crippen molar-refractivity contribution in [2.45, 2.75) is 50.1 Å². The molecule has 3 aromatic heterocycles. The summed E-state index contributed by atoms with van der Waals surface area (Å²) in [5, 5.41) is 13.6. The fourth-order valence-electron chi connectivity index (χ4n) is 2.39. The maximum absolute atomic E-state index is 5.47. The van der Waals surface area contributed by atoms with E-state index in [1.165, 1.54) is 11.8 Å². The summed E-state index contributed by atoms with van der Waals surface area (Å²) in [6.07, 6.45) is 3.49. The minimum atomic E-state index is -0.154. The van der Waals surface area contributed by atoms with Crippen molar-refractivity contribution in [3.63, 3.8) is 0 Å². The predicted molar refractivity (Wildman–Crippen MR) is 102 cm³/mol. The van der Waals surface area contributed by atoms with E-state index < -0.39 is 0 Å². The lowest BCUT2D eigenvalue weighted by Gasteiger charge is -2.12. The molecule has 3 rings (SSSR count). The average Bonchev–Trinajstić information content (AvgIpc) is 3.28. The summed E-state index contributed by atoms with van der Waals surface area (Å²) in [4.78, 5) is 8.61. The van der Waals surface area contributed by atoms with Crippen molar-refractivity contribution in [3.8, 4) is 11.4 Å². The van der Waals surface area contributed by atoms with Gasteiger partial charge in [-0.05, 0) is 19.1 Å². The summed E-state index contributed by atoms with van der Waals surface area (Å²) in [6, 6.07) is 3.83. The van der Waals surface area contributed by atoms with Crippen LogP contribution in [0.5, 0.6) is 0 Å². The number of nitrogens with zero attached hydrogens (tertiary/aromatic N) is 6. The first-order valence-corrected chi connectivity index (χ1v) is 9.61. The second-order valence-electron chi connectivity index (χ2n) is 7.15. The molecular weight excluding hydrogens is 364 g/mol. The molecule has 0 saturated carbocycles. The largest absolute Gasteiger partial charge is 0.383 e. The average molecular weight is 388 g/mol. The Labute approximate surface area is 162 Å². The monoisotopic (exact) mass is 388 g/mol. The lowest BCUT2D eigenvalue weighted by atomic mass is 9.96. The third-order valence-corrected chi connectivity index (χ3v) is 4.98. The molecule has 27 heavy (non-hydrogen) atoms. The van der Waals surface area contributed by atoms with Gasteiger partial charge in [0.2, 0.25) is 5.89 Å². The van der Waals surface area contributed by atoms with E-state index in [0.29, 0.717) is 24.9 Å². The number of ether oxygens (including phenoxy) is 1. The van der Waals surface area contributed by atoms with Crippen LogP contribution in [0, 0.1) is 0 Å². The number of rotatable bonds is 7. The van der Waals surface area contributed by atoms with Crippen molar-refractivity contribution >= 4 is 11.8 Å². The molecule has 0 saturated heterocycles. The summed E-state index contributed by atoms with van der Waals surface area (Å²) < 4.78 is 12.8. The van der Waals surface area contributed by atoms with E-state index in [1.54, 1.807) is 19.5 Å². The molecule has 0 aliphatic heterocycles. The molecule has 0 N–H and O–H groups in total. The maximum atomic E-state index is 5.47. The molecule has 0 spiro atoms. The molecule has 0 aliphatic rings.